The Labute approximate surface area is 116 Å². The van der Waals surface area contributed by atoms with E-state index in [2.05, 4.69) is 17.1 Å². The van der Waals surface area contributed by atoms with Crippen molar-refractivity contribution in [3.05, 3.63) is 52.3 Å². The van der Waals surface area contributed by atoms with E-state index in [1.165, 1.54) is 11.6 Å². The molecule has 100 valence electrons. The zero-order valence-electron chi connectivity index (χ0n) is 10.9. The van der Waals surface area contributed by atoms with Gasteiger partial charge in [-0.3, -0.25) is 9.36 Å². The number of nitrogens with zero attached hydrogens (tertiary/aromatic N) is 2. The van der Waals surface area contributed by atoms with Crippen LogP contribution in [-0.4, -0.2) is 9.55 Å². The van der Waals surface area contributed by atoms with Crippen LogP contribution in [0.4, 0.5) is 5.82 Å². The summed E-state index contributed by atoms with van der Waals surface area (Å²) in [5, 5.41) is 0.690. The second kappa shape index (κ2) is 6.43. The van der Waals surface area contributed by atoms with Crippen molar-refractivity contribution >= 4 is 17.6 Å². The Morgan fingerprint density at radius 1 is 1.32 bits per heavy atom. The van der Waals surface area contributed by atoms with Crippen LogP contribution in [0.1, 0.15) is 18.9 Å². The van der Waals surface area contributed by atoms with Crippen LogP contribution in [-0.2, 0) is 12.3 Å². The highest BCUT2D eigenvalue weighted by molar-refractivity contribution is 7.98. The Kier molecular flexibility index (Phi) is 4.63. The van der Waals surface area contributed by atoms with Gasteiger partial charge in [0.2, 0.25) is 0 Å². The fourth-order valence-corrected chi connectivity index (χ4v) is 2.76. The minimum Gasteiger partial charge on any atom is -0.383 e. The largest absolute Gasteiger partial charge is 0.383 e. The predicted molar refractivity (Wildman–Crippen MR) is 79.2 cm³/mol. The van der Waals surface area contributed by atoms with Crippen LogP contribution in [0.5, 0.6) is 0 Å². The molecular formula is C14H17N3OS. The van der Waals surface area contributed by atoms with Gasteiger partial charge in [-0.2, -0.15) is 0 Å². The van der Waals surface area contributed by atoms with E-state index in [1.807, 2.05) is 25.1 Å². The second-order valence-electron chi connectivity index (χ2n) is 4.23. The van der Waals surface area contributed by atoms with Crippen molar-refractivity contribution in [3.8, 4) is 0 Å². The van der Waals surface area contributed by atoms with Crippen molar-refractivity contribution in [1.29, 1.82) is 0 Å². The Balaban J connectivity index is 2.21. The Hall–Kier alpha value is -1.75. The van der Waals surface area contributed by atoms with Gasteiger partial charge in [0.25, 0.3) is 5.56 Å². The lowest BCUT2D eigenvalue weighted by Crippen LogP contribution is -2.23. The molecule has 0 spiro atoms. The Morgan fingerprint density at radius 3 is 2.74 bits per heavy atom. The van der Waals surface area contributed by atoms with Gasteiger partial charge in [-0.05, 0) is 12.0 Å². The van der Waals surface area contributed by atoms with Gasteiger partial charge in [0.1, 0.15) is 5.82 Å². The summed E-state index contributed by atoms with van der Waals surface area (Å²) in [5.74, 6) is 1.06. The smallest absolute Gasteiger partial charge is 0.256 e. The summed E-state index contributed by atoms with van der Waals surface area (Å²) in [7, 11) is 0. The summed E-state index contributed by atoms with van der Waals surface area (Å²) < 4.78 is 1.68. The first-order valence-electron chi connectivity index (χ1n) is 6.24. The molecule has 5 heteroatoms. The third-order valence-corrected chi connectivity index (χ3v) is 3.70. The topological polar surface area (TPSA) is 60.9 Å². The molecule has 0 aliphatic carbocycles. The molecule has 2 rings (SSSR count). The SMILES string of the molecule is CCCn1c(SCc2ccccc2)nc(N)cc1=O. The quantitative estimate of drug-likeness (QED) is 0.673. The molecule has 0 aliphatic heterocycles. The van der Waals surface area contributed by atoms with E-state index in [-0.39, 0.29) is 11.4 Å². The molecule has 0 aliphatic rings. The zero-order valence-corrected chi connectivity index (χ0v) is 11.7. The van der Waals surface area contributed by atoms with Crippen LogP contribution in [0.2, 0.25) is 0 Å². The number of benzene rings is 1. The first-order chi connectivity index (χ1) is 9.20. The van der Waals surface area contributed by atoms with Gasteiger partial charge in [0, 0.05) is 18.4 Å². The van der Waals surface area contributed by atoms with Crippen LogP contribution < -0.4 is 11.3 Å². The molecular weight excluding hydrogens is 258 g/mol. The summed E-state index contributed by atoms with van der Waals surface area (Å²) in [6, 6.07) is 11.5. The molecule has 19 heavy (non-hydrogen) atoms. The average molecular weight is 275 g/mol. The molecule has 0 amide bonds. The van der Waals surface area contributed by atoms with Crippen molar-refractivity contribution in [3.63, 3.8) is 0 Å². The Morgan fingerprint density at radius 2 is 2.05 bits per heavy atom. The number of thioether (sulfide) groups is 1. The highest BCUT2D eigenvalue weighted by atomic mass is 32.2. The maximum Gasteiger partial charge on any atom is 0.256 e. The average Bonchev–Trinajstić information content (AvgIpc) is 2.41. The molecule has 1 aromatic heterocycles. The molecule has 1 aromatic carbocycles. The van der Waals surface area contributed by atoms with E-state index in [1.54, 1.807) is 16.3 Å². The summed E-state index contributed by atoms with van der Waals surface area (Å²) in [6.45, 7) is 2.71. The molecule has 4 nitrogen and oxygen atoms in total. The second-order valence-corrected chi connectivity index (χ2v) is 5.17. The van der Waals surface area contributed by atoms with Crippen molar-refractivity contribution in [2.45, 2.75) is 30.8 Å². The van der Waals surface area contributed by atoms with Gasteiger partial charge >= 0.3 is 0 Å². The fraction of sp³-hybridized carbons (Fsp3) is 0.286. The minimum atomic E-state index is -0.0788. The monoisotopic (exact) mass is 275 g/mol. The summed E-state index contributed by atoms with van der Waals surface area (Å²) in [4.78, 5) is 16.2. The third kappa shape index (κ3) is 3.61. The fourth-order valence-electron chi connectivity index (χ4n) is 1.76. The summed E-state index contributed by atoms with van der Waals surface area (Å²) in [5.41, 5.74) is 6.78. The summed E-state index contributed by atoms with van der Waals surface area (Å²) in [6.07, 6.45) is 0.893. The maximum atomic E-state index is 11.9. The van der Waals surface area contributed by atoms with Gasteiger partial charge in [0.05, 0.1) is 0 Å². The van der Waals surface area contributed by atoms with Gasteiger partial charge in [-0.1, -0.05) is 49.0 Å². The molecule has 0 saturated carbocycles. The van der Waals surface area contributed by atoms with Crippen molar-refractivity contribution < 1.29 is 0 Å². The first-order valence-corrected chi connectivity index (χ1v) is 7.23. The van der Waals surface area contributed by atoms with E-state index < -0.39 is 0 Å². The number of hydrogen-bond acceptors (Lipinski definition) is 4. The number of anilines is 1. The van der Waals surface area contributed by atoms with E-state index >= 15 is 0 Å². The number of aromatic nitrogens is 2. The van der Waals surface area contributed by atoms with Crippen LogP contribution >= 0.6 is 11.8 Å². The number of rotatable bonds is 5. The molecule has 1 heterocycles. The molecule has 2 N–H and O–H groups in total. The molecule has 0 fully saturated rings. The molecule has 0 unspecified atom stereocenters. The van der Waals surface area contributed by atoms with Crippen LogP contribution in [0.15, 0.2) is 46.3 Å². The number of nitrogen functional groups attached to an aromatic ring is 1. The van der Waals surface area contributed by atoms with E-state index in [9.17, 15) is 4.79 Å². The lowest BCUT2D eigenvalue weighted by molar-refractivity contribution is 0.577. The van der Waals surface area contributed by atoms with Crippen molar-refractivity contribution in [2.24, 2.45) is 0 Å². The van der Waals surface area contributed by atoms with Gasteiger partial charge in [0.15, 0.2) is 5.16 Å². The predicted octanol–water partition coefficient (Wildman–Crippen LogP) is 2.53. The lowest BCUT2D eigenvalue weighted by Gasteiger charge is -2.10. The maximum absolute atomic E-state index is 11.9. The van der Waals surface area contributed by atoms with Gasteiger partial charge in [-0.15, -0.1) is 0 Å². The highest BCUT2D eigenvalue weighted by Crippen LogP contribution is 2.20. The first kappa shape index (κ1) is 13.7. The van der Waals surface area contributed by atoms with Crippen molar-refractivity contribution in [1.82, 2.24) is 9.55 Å². The molecule has 0 bridgehead atoms. The molecule has 0 radical (unpaired) electrons. The van der Waals surface area contributed by atoms with Gasteiger partial charge in [-0.25, -0.2) is 4.98 Å². The number of hydrogen-bond donors (Lipinski definition) is 1. The van der Waals surface area contributed by atoms with Crippen LogP contribution in [0.25, 0.3) is 0 Å². The van der Waals surface area contributed by atoms with E-state index in [0.29, 0.717) is 11.7 Å². The number of nitrogens with two attached hydrogens (primary N) is 1. The highest BCUT2D eigenvalue weighted by Gasteiger charge is 2.07. The van der Waals surface area contributed by atoms with Crippen LogP contribution in [0.3, 0.4) is 0 Å². The third-order valence-electron chi connectivity index (χ3n) is 2.65. The molecule has 2 aromatic rings. The van der Waals surface area contributed by atoms with E-state index in [4.69, 9.17) is 5.73 Å². The minimum absolute atomic E-state index is 0.0788. The van der Waals surface area contributed by atoms with E-state index in [0.717, 1.165) is 12.2 Å². The molecule has 0 atom stereocenters. The summed E-state index contributed by atoms with van der Waals surface area (Å²) >= 11 is 1.54. The lowest BCUT2D eigenvalue weighted by atomic mass is 10.2. The normalized spacial score (nSPS) is 10.6. The zero-order chi connectivity index (χ0) is 13.7. The van der Waals surface area contributed by atoms with Gasteiger partial charge < -0.3 is 5.73 Å². The van der Waals surface area contributed by atoms with Crippen LogP contribution in [0, 0.1) is 0 Å². The Bertz CT molecular complexity index is 595. The standard InChI is InChI=1S/C14H17N3OS/c1-2-8-17-13(18)9-12(15)16-14(17)19-10-11-6-4-3-5-7-11/h3-7,9H,2,8,10,15H2,1H3. The molecule has 0 saturated heterocycles. The van der Waals surface area contributed by atoms with Crippen molar-refractivity contribution in [2.75, 3.05) is 5.73 Å².